The molecule has 0 spiro atoms. The molecule has 0 aliphatic carbocycles. The third-order valence-electron chi connectivity index (χ3n) is 0.593. The average Bonchev–Trinajstić information content (AvgIpc) is 1.68. The normalized spacial score (nSPS) is 14.1. The molecule has 0 heterocycles. The van der Waals surface area contributed by atoms with Crippen molar-refractivity contribution in [2.45, 2.75) is 4.83 Å². The van der Waals surface area contributed by atoms with Crippen molar-refractivity contribution in [2.24, 2.45) is 0 Å². The molecule has 7 heavy (non-hydrogen) atoms. The van der Waals surface area contributed by atoms with E-state index >= 15 is 0 Å². The van der Waals surface area contributed by atoms with Crippen LogP contribution in [-0.4, -0.2) is 23.7 Å². The minimum Gasteiger partial charge on any atom is -0.319 e. The molecule has 0 aliphatic heterocycles. The van der Waals surface area contributed by atoms with Gasteiger partial charge >= 0.3 is 0 Å². The molecule has 0 amide bonds. The Morgan fingerprint density at radius 2 is 2.29 bits per heavy atom. The Hall–Kier alpha value is 0.920. The monoisotopic (exact) mass is 229 g/mol. The number of alkyl halides is 2. The SMILES string of the molecule is CNCC(Br)CBr. The van der Waals surface area contributed by atoms with Crippen molar-refractivity contribution < 1.29 is 0 Å². The lowest BCUT2D eigenvalue weighted by atomic mass is 10.5. The Kier molecular flexibility index (Phi) is 5.73. The second-order valence-electron chi connectivity index (χ2n) is 1.31. The molecular formula is C4H9Br2N. The van der Waals surface area contributed by atoms with Gasteiger partial charge in [0.2, 0.25) is 0 Å². The molecule has 0 bridgehead atoms. The highest BCUT2D eigenvalue weighted by Crippen LogP contribution is 2.00. The summed E-state index contributed by atoms with van der Waals surface area (Å²) in [5.41, 5.74) is 0. The smallest absolute Gasteiger partial charge is 0.0367 e. The molecule has 1 nitrogen and oxygen atoms in total. The predicted molar refractivity (Wildman–Crippen MR) is 40.4 cm³/mol. The van der Waals surface area contributed by atoms with Crippen LogP contribution in [0, 0.1) is 0 Å². The van der Waals surface area contributed by atoms with E-state index in [9.17, 15) is 0 Å². The van der Waals surface area contributed by atoms with Gasteiger partial charge in [-0.15, -0.1) is 0 Å². The maximum Gasteiger partial charge on any atom is 0.0367 e. The summed E-state index contributed by atoms with van der Waals surface area (Å²) in [5.74, 6) is 0. The lowest BCUT2D eigenvalue weighted by molar-refractivity contribution is 0.800. The number of hydrogen-bond acceptors (Lipinski definition) is 1. The molecule has 0 aromatic rings. The van der Waals surface area contributed by atoms with Crippen LogP contribution in [0.3, 0.4) is 0 Å². The highest BCUT2D eigenvalue weighted by Gasteiger charge is 1.95. The molecule has 0 radical (unpaired) electrons. The fraction of sp³-hybridized carbons (Fsp3) is 1.00. The van der Waals surface area contributed by atoms with Gasteiger partial charge in [0.25, 0.3) is 0 Å². The minimum absolute atomic E-state index is 0.567. The van der Waals surface area contributed by atoms with Crippen molar-refractivity contribution in [3.63, 3.8) is 0 Å². The molecule has 0 fully saturated rings. The van der Waals surface area contributed by atoms with Gasteiger partial charge in [0.15, 0.2) is 0 Å². The summed E-state index contributed by atoms with van der Waals surface area (Å²) in [6.45, 7) is 1.02. The van der Waals surface area contributed by atoms with Gasteiger partial charge in [0, 0.05) is 16.7 Å². The largest absolute Gasteiger partial charge is 0.319 e. The molecule has 0 saturated carbocycles. The van der Waals surface area contributed by atoms with E-state index in [1.54, 1.807) is 0 Å². The summed E-state index contributed by atoms with van der Waals surface area (Å²) < 4.78 is 0. The first-order valence-corrected chi connectivity index (χ1v) is 4.19. The maximum absolute atomic E-state index is 3.43. The van der Waals surface area contributed by atoms with E-state index in [1.807, 2.05) is 7.05 Å². The Labute approximate surface area is 61.1 Å². The van der Waals surface area contributed by atoms with Crippen LogP contribution >= 0.6 is 31.9 Å². The summed E-state index contributed by atoms with van der Waals surface area (Å²) in [7, 11) is 1.94. The van der Waals surface area contributed by atoms with Crippen LogP contribution in [0.15, 0.2) is 0 Å². The van der Waals surface area contributed by atoms with Crippen LogP contribution in [0.4, 0.5) is 0 Å². The van der Waals surface area contributed by atoms with E-state index < -0.39 is 0 Å². The first-order valence-electron chi connectivity index (χ1n) is 2.16. The zero-order valence-corrected chi connectivity index (χ0v) is 7.42. The molecule has 0 rings (SSSR count). The molecule has 1 N–H and O–H groups in total. The van der Waals surface area contributed by atoms with Crippen molar-refractivity contribution in [1.29, 1.82) is 0 Å². The van der Waals surface area contributed by atoms with E-state index in [2.05, 4.69) is 37.2 Å². The van der Waals surface area contributed by atoms with Crippen molar-refractivity contribution in [1.82, 2.24) is 5.32 Å². The predicted octanol–water partition coefficient (Wildman–Crippen LogP) is 1.36. The van der Waals surface area contributed by atoms with E-state index in [-0.39, 0.29) is 0 Å². The highest BCUT2D eigenvalue weighted by molar-refractivity contribution is 9.12. The minimum atomic E-state index is 0.567. The van der Waals surface area contributed by atoms with E-state index in [0.29, 0.717) is 4.83 Å². The summed E-state index contributed by atoms with van der Waals surface area (Å²) in [6, 6.07) is 0. The molecule has 44 valence electrons. The van der Waals surface area contributed by atoms with Crippen LogP contribution in [-0.2, 0) is 0 Å². The fourth-order valence-electron chi connectivity index (χ4n) is 0.276. The van der Waals surface area contributed by atoms with Crippen LogP contribution in [0.1, 0.15) is 0 Å². The maximum atomic E-state index is 3.43. The van der Waals surface area contributed by atoms with Crippen LogP contribution < -0.4 is 5.32 Å². The van der Waals surface area contributed by atoms with Crippen molar-refractivity contribution in [3.8, 4) is 0 Å². The van der Waals surface area contributed by atoms with Crippen molar-refractivity contribution in [3.05, 3.63) is 0 Å². The lowest BCUT2D eigenvalue weighted by Crippen LogP contribution is -2.19. The average molecular weight is 231 g/mol. The Balaban J connectivity index is 2.83. The second-order valence-corrected chi connectivity index (χ2v) is 3.25. The van der Waals surface area contributed by atoms with Gasteiger partial charge in [-0.05, 0) is 7.05 Å². The lowest BCUT2D eigenvalue weighted by Gasteiger charge is -2.00. The quantitative estimate of drug-likeness (QED) is 0.723. The molecular weight excluding hydrogens is 222 g/mol. The molecule has 0 aromatic heterocycles. The zero-order valence-electron chi connectivity index (χ0n) is 4.25. The fourth-order valence-corrected chi connectivity index (χ4v) is 0.829. The Bertz CT molecular complexity index is 40.7. The molecule has 1 atom stereocenters. The van der Waals surface area contributed by atoms with E-state index in [1.165, 1.54) is 0 Å². The van der Waals surface area contributed by atoms with Crippen LogP contribution in [0.2, 0.25) is 0 Å². The molecule has 0 aliphatic rings. The van der Waals surface area contributed by atoms with Crippen LogP contribution in [0.25, 0.3) is 0 Å². The second kappa shape index (κ2) is 5.06. The first kappa shape index (κ1) is 7.92. The molecule has 0 saturated heterocycles. The van der Waals surface area contributed by atoms with Gasteiger partial charge in [-0.2, -0.15) is 0 Å². The topological polar surface area (TPSA) is 12.0 Å². The summed E-state index contributed by atoms with van der Waals surface area (Å²) >= 11 is 6.76. The zero-order chi connectivity index (χ0) is 5.70. The van der Waals surface area contributed by atoms with Gasteiger partial charge in [0.05, 0.1) is 0 Å². The molecule has 3 heteroatoms. The third-order valence-corrected chi connectivity index (χ3v) is 2.89. The van der Waals surface area contributed by atoms with Gasteiger partial charge in [-0.3, -0.25) is 0 Å². The highest BCUT2D eigenvalue weighted by atomic mass is 79.9. The number of rotatable bonds is 3. The third kappa shape index (κ3) is 4.78. The molecule has 0 aromatic carbocycles. The van der Waals surface area contributed by atoms with Gasteiger partial charge in [0.1, 0.15) is 0 Å². The van der Waals surface area contributed by atoms with Crippen LogP contribution in [0.5, 0.6) is 0 Å². The van der Waals surface area contributed by atoms with Crippen molar-refractivity contribution in [2.75, 3.05) is 18.9 Å². The van der Waals surface area contributed by atoms with E-state index in [4.69, 9.17) is 0 Å². The number of hydrogen-bond donors (Lipinski definition) is 1. The summed E-state index contributed by atoms with van der Waals surface area (Å²) in [4.78, 5) is 0.567. The Morgan fingerprint density at radius 1 is 1.71 bits per heavy atom. The summed E-state index contributed by atoms with van der Waals surface area (Å²) in [5, 5.41) is 4.05. The summed E-state index contributed by atoms with van der Waals surface area (Å²) in [6.07, 6.45) is 0. The van der Waals surface area contributed by atoms with Gasteiger partial charge < -0.3 is 5.32 Å². The van der Waals surface area contributed by atoms with E-state index in [0.717, 1.165) is 11.9 Å². The number of halogens is 2. The standard InChI is InChI=1S/C4H9Br2N/c1-7-3-4(6)2-5/h4,7H,2-3H2,1H3. The van der Waals surface area contributed by atoms with Gasteiger partial charge in [-0.1, -0.05) is 31.9 Å². The Morgan fingerprint density at radius 3 is 2.43 bits per heavy atom. The van der Waals surface area contributed by atoms with Gasteiger partial charge in [-0.25, -0.2) is 0 Å². The number of nitrogens with one attached hydrogen (secondary N) is 1. The molecule has 1 unspecified atom stereocenters. The van der Waals surface area contributed by atoms with Crippen molar-refractivity contribution >= 4 is 31.9 Å². The first-order chi connectivity index (χ1) is 3.31.